The number of fused-ring (bicyclic) bond motifs is 7. The van der Waals surface area contributed by atoms with E-state index in [1.54, 1.807) is 6.20 Å². The molecule has 0 aliphatic carbocycles. The molecule has 13 aromatic rings. The summed E-state index contributed by atoms with van der Waals surface area (Å²) in [7, 11) is 0. The number of aromatic nitrogens is 5. The fourth-order valence-electron chi connectivity index (χ4n) is 11.4. The first-order valence-corrected chi connectivity index (χ1v) is 27.2. The topological polar surface area (TPSA) is 40.8 Å². The van der Waals surface area contributed by atoms with Crippen LogP contribution in [0.15, 0.2) is 206 Å². The Kier molecular flexibility index (Phi) is 11.8. The first-order valence-electron chi connectivity index (χ1n) is 30.2. The number of nitrogens with zero attached hydrogens (tertiary/aromatic N) is 5. The summed E-state index contributed by atoms with van der Waals surface area (Å²) in [6, 6.07) is 63.1. The zero-order valence-corrected chi connectivity index (χ0v) is 48.4. The summed E-state index contributed by atoms with van der Waals surface area (Å²) in [5.74, 6) is 0.784. The first kappa shape index (κ1) is 45.5. The molecule has 7 heteroatoms. The van der Waals surface area contributed by atoms with Crippen LogP contribution < -0.4 is 9.30 Å². The molecule has 398 valence electrons. The van der Waals surface area contributed by atoms with Crippen molar-refractivity contribution < 1.29 is 38.6 Å². The summed E-state index contributed by atoms with van der Waals surface area (Å²) < 4.78 is 69.3. The van der Waals surface area contributed by atoms with E-state index in [9.17, 15) is 4.11 Å². The smallest absolute Gasteiger partial charge is 0.268 e. The van der Waals surface area contributed by atoms with Crippen molar-refractivity contribution in [2.24, 2.45) is 0 Å². The van der Waals surface area contributed by atoms with Gasteiger partial charge in [0.2, 0.25) is 0 Å². The van der Waals surface area contributed by atoms with Gasteiger partial charge in [0, 0.05) is 62.1 Å². The SMILES string of the molecule is [2H]c1c([2H])c([2H])c(-c2cccc(-c3cc(C(C)(C)C)cc(C(C)(C)C)c3)c2-[n+]2[c-]n(-c3[c-]c(Oc4[c-]c5c(cc4)c4cc(-n6c7ccccc7c7ccccc76)ccc4n5-c4cc(C([2H])(CC)CC)ccn4)ccc3)c3ccccc32)c([2H])c1[2H].[Pt]. The Bertz CT molecular complexity index is 4730. The third kappa shape index (κ3) is 9.23. The van der Waals surface area contributed by atoms with E-state index in [2.05, 4.69) is 174 Å². The molecule has 6 nitrogen and oxygen atoms in total. The summed E-state index contributed by atoms with van der Waals surface area (Å²) in [5, 5.41) is 4.34. The fourth-order valence-corrected chi connectivity index (χ4v) is 11.4. The zero-order valence-electron chi connectivity index (χ0n) is 52.1. The van der Waals surface area contributed by atoms with Crippen LogP contribution in [0.1, 0.15) is 99.0 Å². The Balaban J connectivity index is 0.00000724. The number of imidazole rings is 1. The minimum absolute atomic E-state index is 0. The molecule has 80 heavy (non-hydrogen) atoms. The van der Waals surface area contributed by atoms with E-state index in [-0.39, 0.29) is 49.5 Å². The van der Waals surface area contributed by atoms with E-state index in [1.807, 2.05) is 88.0 Å². The van der Waals surface area contributed by atoms with E-state index < -0.39 is 24.0 Å². The van der Waals surface area contributed by atoms with E-state index in [1.165, 1.54) is 10.8 Å². The van der Waals surface area contributed by atoms with Crippen molar-refractivity contribution in [1.82, 2.24) is 18.7 Å². The van der Waals surface area contributed by atoms with Gasteiger partial charge in [0.1, 0.15) is 5.82 Å². The number of rotatable bonds is 11. The van der Waals surface area contributed by atoms with E-state index in [4.69, 9.17) is 13.8 Å². The molecule has 4 heterocycles. The molecule has 0 unspecified atom stereocenters. The minimum atomic E-state index is -0.787. The Morgan fingerprint density at radius 2 is 1.20 bits per heavy atom. The Hall–Kier alpha value is -8.31. The van der Waals surface area contributed by atoms with Crippen molar-refractivity contribution >= 4 is 54.6 Å². The number of hydrogen-bond acceptors (Lipinski definition) is 2. The molecule has 0 fully saturated rings. The van der Waals surface area contributed by atoms with Gasteiger partial charge in [-0.1, -0.05) is 188 Å². The van der Waals surface area contributed by atoms with Gasteiger partial charge in [0.15, 0.2) is 0 Å². The van der Waals surface area contributed by atoms with Gasteiger partial charge < -0.3 is 18.4 Å². The van der Waals surface area contributed by atoms with Gasteiger partial charge in [-0.05, 0) is 122 Å². The van der Waals surface area contributed by atoms with Crippen LogP contribution in [-0.4, -0.2) is 18.7 Å². The van der Waals surface area contributed by atoms with Gasteiger partial charge in [-0.2, -0.15) is 18.2 Å². The van der Waals surface area contributed by atoms with Crippen molar-refractivity contribution in [3.63, 3.8) is 0 Å². The Labute approximate surface area is 492 Å². The second-order valence-electron chi connectivity index (χ2n) is 22.5. The number of para-hydroxylation sites is 5. The van der Waals surface area contributed by atoms with Crippen LogP contribution in [0.3, 0.4) is 0 Å². The molecule has 0 atom stereocenters. The van der Waals surface area contributed by atoms with Crippen molar-refractivity contribution in [2.45, 2.75) is 85.0 Å². The molecule has 0 N–H and O–H groups in total. The summed E-state index contributed by atoms with van der Waals surface area (Å²) in [6.45, 7) is 17.3. The molecule has 0 aliphatic rings. The molecule has 0 radical (unpaired) electrons. The summed E-state index contributed by atoms with van der Waals surface area (Å²) in [6.07, 6.45) is 6.79. The number of hydrogen-bond donors (Lipinski definition) is 0. The summed E-state index contributed by atoms with van der Waals surface area (Å²) in [4.78, 5) is 4.97. The molecule has 0 bridgehead atoms. The monoisotopic (exact) mass is 1230 g/mol. The summed E-state index contributed by atoms with van der Waals surface area (Å²) >= 11 is 0. The van der Waals surface area contributed by atoms with Crippen LogP contribution in [0, 0.1) is 18.5 Å². The van der Waals surface area contributed by atoms with Gasteiger partial charge >= 0.3 is 0 Å². The molecule has 0 saturated heterocycles. The average Bonchev–Trinajstić information content (AvgIpc) is 1.56. The largest absolute Gasteiger partial charge is 0.510 e. The molecule has 0 saturated carbocycles. The third-order valence-corrected chi connectivity index (χ3v) is 15.5. The second kappa shape index (κ2) is 20.7. The molecule has 0 amide bonds. The number of pyridine rings is 1. The number of ether oxygens (including phenoxy) is 1. The zero-order chi connectivity index (χ0) is 59.4. The van der Waals surface area contributed by atoms with Gasteiger partial charge in [-0.25, -0.2) is 4.98 Å². The van der Waals surface area contributed by atoms with Crippen molar-refractivity contribution in [1.29, 1.82) is 0 Å². The van der Waals surface area contributed by atoms with E-state index in [0.717, 1.165) is 77.4 Å². The standard InChI is InChI=1S/C73H63N5O.Pt/c1-9-48(10-2)50-38-39-74-70(42-50)78-66-37-34-55(77-64-30-16-14-26-60(64)61-27-15-17-31-65(61)77)45-63(66)62-36-35-57(46-69(62)78)79-56-25-20-24-54(44-56)75-47-76(68-33-19-18-32-67(68)75)71-58(49-22-12-11-13-23-49)28-21-29-59(71)51-40-52(72(3,4)5)43-53(41-51)73(6,7)8;/h11-43,45,48H,9-10H2,1-8H3;/q-2;/i11D,12D,13D,22D,23D,48D;. The van der Waals surface area contributed by atoms with Crippen LogP contribution >= 0.6 is 0 Å². The maximum absolute atomic E-state index is 9.44. The van der Waals surface area contributed by atoms with Crippen molar-refractivity contribution in [3.05, 3.63) is 241 Å². The van der Waals surface area contributed by atoms with E-state index >= 15 is 0 Å². The van der Waals surface area contributed by atoms with Gasteiger partial charge in [-0.3, -0.25) is 4.57 Å². The number of benzene rings is 9. The second-order valence-corrected chi connectivity index (χ2v) is 22.5. The third-order valence-electron chi connectivity index (χ3n) is 15.5. The molecular weight excluding hydrogens is 1160 g/mol. The van der Waals surface area contributed by atoms with Crippen LogP contribution in [0.4, 0.5) is 0 Å². The minimum Gasteiger partial charge on any atom is -0.510 e. The maximum Gasteiger partial charge on any atom is 0.268 e. The quantitative estimate of drug-likeness (QED) is 0.0956. The van der Waals surface area contributed by atoms with Crippen LogP contribution in [0.2, 0.25) is 0 Å². The van der Waals surface area contributed by atoms with Gasteiger partial charge in [0.25, 0.3) is 6.33 Å². The first-order chi connectivity index (χ1) is 40.8. The summed E-state index contributed by atoms with van der Waals surface area (Å²) in [5.41, 5.74) is 12.8. The van der Waals surface area contributed by atoms with Crippen molar-refractivity contribution in [3.8, 4) is 56.6 Å². The predicted molar refractivity (Wildman–Crippen MR) is 326 cm³/mol. The van der Waals surface area contributed by atoms with Crippen LogP contribution in [0.5, 0.6) is 11.5 Å². The molecule has 9 aromatic carbocycles. The molecule has 0 aliphatic heterocycles. The van der Waals surface area contributed by atoms with Gasteiger partial charge in [-0.15, -0.1) is 29.7 Å². The molecular formula is C73H63N5OPt-2. The molecule has 4 aromatic heterocycles. The average molecular weight is 1230 g/mol. The fraction of sp³-hybridized carbons (Fsp3) is 0.178. The normalized spacial score (nSPS) is 13.3. The Morgan fingerprint density at radius 1 is 0.575 bits per heavy atom. The van der Waals surface area contributed by atoms with E-state index in [0.29, 0.717) is 47.1 Å². The van der Waals surface area contributed by atoms with Crippen LogP contribution in [-0.2, 0) is 31.9 Å². The Morgan fingerprint density at radius 3 is 1.89 bits per heavy atom. The van der Waals surface area contributed by atoms with Gasteiger partial charge in [0.05, 0.1) is 34.6 Å². The van der Waals surface area contributed by atoms with Crippen molar-refractivity contribution in [2.75, 3.05) is 0 Å². The maximum atomic E-state index is 9.44. The molecule has 0 spiro atoms. The molecule has 13 rings (SSSR count). The predicted octanol–water partition coefficient (Wildman–Crippen LogP) is 18.5. The van der Waals surface area contributed by atoms with Crippen LogP contribution in [0.25, 0.3) is 99.8 Å².